The average molecular weight is 284 g/mol. The predicted octanol–water partition coefficient (Wildman–Crippen LogP) is 4.58. The van der Waals surface area contributed by atoms with E-state index in [2.05, 4.69) is 5.32 Å². The number of hydrogen-bond donors (Lipinski definition) is 1. The van der Waals surface area contributed by atoms with Crippen molar-refractivity contribution < 1.29 is 4.39 Å². The highest BCUT2D eigenvalue weighted by Gasteiger charge is 2.18. The Morgan fingerprint density at radius 1 is 1.37 bits per heavy atom. The molecule has 1 fully saturated rings. The van der Waals surface area contributed by atoms with Crippen molar-refractivity contribution >= 4 is 11.6 Å². The predicted molar refractivity (Wildman–Crippen MR) is 79.2 cm³/mol. The summed E-state index contributed by atoms with van der Waals surface area (Å²) in [7, 11) is 1.98. The molecular weight excluding hydrogens is 261 g/mol. The number of hydrogen-bond acceptors (Lipinski definition) is 1. The second-order valence-corrected chi connectivity index (χ2v) is 6.01. The summed E-state index contributed by atoms with van der Waals surface area (Å²) in [4.78, 5) is 0. The van der Waals surface area contributed by atoms with Crippen molar-refractivity contribution in [3.63, 3.8) is 0 Å². The Kier molecular flexibility index (Phi) is 5.65. The Bertz CT molecular complexity index is 402. The lowest BCUT2D eigenvalue weighted by molar-refractivity contribution is 0.418. The van der Waals surface area contributed by atoms with E-state index in [1.54, 1.807) is 6.07 Å². The molecule has 0 saturated heterocycles. The Hall–Kier alpha value is -0.600. The van der Waals surface area contributed by atoms with E-state index in [9.17, 15) is 4.39 Å². The molecule has 0 radical (unpaired) electrons. The van der Waals surface area contributed by atoms with Crippen LogP contribution in [0.3, 0.4) is 0 Å². The highest BCUT2D eigenvalue weighted by molar-refractivity contribution is 6.31. The van der Waals surface area contributed by atoms with Gasteiger partial charge in [-0.1, -0.05) is 49.4 Å². The molecule has 1 atom stereocenters. The summed E-state index contributed by atoms with van der Waals surface area (Å²) in [5.74, 6) is 0.587. The minimum absolute atomic E-state index is 0.281. The number of benzene rings is 1. The minimum atomic E-state index is -0.315. The van der Waals surface area contributed by atoms with Crippen LogP contribution in [0.4, 0.5) is 4.39 Å². The van der Waals surface area contributed by atoms with Gasteiger partial charge in [-0.3, -0.25) is 0 Å². The van der Waals surface area contributed by atoms with E-state index in [0.29, 0.717) is 6.04 Å². The second kappa shape index (κ2) is 7.25. The SMILES string of the molecule is CNC(CCC1CCCC1)Cc1cccc(F)c1Cl. The summed E-state index contributed by atoms with van der Waals surface area (Å²) in [6.45, 7) is 0. The van der Waals surface area contributed by atoms with Crippen molar-refractivity contribution in [2.24, 2.45) is 5.92 Å². The van der Waals surface area contributed by atoms with Crippen LogP contribution >= 0.6 is 11.6 Å². The Morgan fingerprint density at radius 3 is 2.79 bits per heavy atom. The fourth-order valence-electron chi connectivity index (χ4n) is 3.06. The molecule has 3 heteroatoms. The molecule has 0 aliphatic heterocycles. The topological polar surface area (TPSA) is 12.0 Å². The van der Waals surface area contributed by atoms with E-state index in [-0.39, 0.29) is 10.8 Å². The van der Waals surface area contributed by atoms with Gasteiger partial charge in [0.1, 0.15) is 5.82 Å². The first-order chi connectivity index (χ1) is 9.20. The fourth-order valence-corrected chi connectivity index (χ4v) is 3.26. The zero-order valence-electron chi connectivity index (χ0n) is 11.6. The fraction of sp³-hybridized carbons (Fsp3) is 0.625. The number of halogens is 2. The lowest BCUT2D eigenvalue weighted by Crippen LogP contribution is -2.28. The molecular formula is C16H23ClFN. The van der Waals surface area contributed by atoms with Gasteiger partial charge < -0.3 is 5.32 Å². The van der Waals surface area contributed by atoms with Crippen molar-refractivity contribution in [3.8, 4) is 0 Å². The number of rotatable bonds is 6. The summed E-state index contributed by atoms with van der Waals surface area (Å²) in [5, 5.41) is 3.62. The van der Waals surface area contributed by atoms with Crippen LogP contribution in [0.15, 0.2) is 18.2 Å². The Balaban J connectivity index is 1.88. The molecule has 1 nitrogen and oxygen atoms in total. The monoisotopic (exact) mass is 283 g/mol. The van der Waals surface area contributed by atoms with Crippen LogP contribution in [0.2, 0.25) is 5.02 Å². The molecule has 1 aromatic carbocycles. The Morgan fingerprint density at radius 2 is 2.11 bits per heavy atom. The molecule has 19 heavy (non-hydrogen) atoms. The number of nitrogens with one attached hydrogen (secondary N) is 1. The Labute approximate surface area is 120 Å². The van der Waals surface area contributed by atoms with Gasteiger partial charge in [-0.15, -0.1) is 0 Å². The summed E-state index contributed by atoms with van der Waals surface area (Å²) in [6, 6.07) is 5.46. The molecule has 0 bridgehead atoms. The van der Waals surface area contributed by atoms with E-state index in [4.69, 9.17) is 11.6 Å². The zero-order chi connectivity index (χ0) is 13.7. The van der Waals surface area contributed by atoms with Gasteiger partial charge in [-0.2, -0.15) is 0 Å². The molecule has 2 rings (SSSR count). The molecule has 1 aromatic rings. The molecule has 0 spiro atoms. The third-order valence-electron chi connectivity index (χ3n) is 4.30. The van der Waals surface area contributed by atoms with Gasteiger partial charge in [0.2, 0.25) is 0 Å². The van der Waals surface area contributed by atoms with Gasteiger partial charge >= 0.3 is 0 Å². The van der Waals surface area contributed by atoms with Crippen molar-refractivity contribution in [1.29, 1.82) is 0 Å². The quantitative estimate of drug-likeness (QED) is 0.806. The van der Waals surface area contributed by atoms with Crippen molar-refractivity contribution in [1.82, 2.24) is 5.32 Å². The lowest BCUT2D eigenvalue weighted by Gasteiger charge is -2.19. The van der Waals surface area contributed by atoms with Crippen LogP contribution in [-0.4, -0.2) is 13.1 Å². The van der Waals surface area contributed by atoms with Gasteiger partial charge in [-0.05, 0) is 43.9 Å². The van der Waals surface area contributed by atoms with Gasteiger partial charge in [0.15, 0.2) is 0 Å². The molecule has 1 unspecified atom stereocenters. The van der Waals surface area contributed by atoms with Gasteiger partial charge in [0, 0.05) is 6.04 Å². The second-order valence-electron chi connectivity index (χ2n) is 5.63. The summed E-state index contributed by atoms with van der Waals surface area (Å²) >= 11 is 6.02. The van der Waals surface area contributed by atoms with Crippen LogP contribution < -0.4 is 5.32 Å². The van der Waals surface area contributed by atoms with Crippen molar-refractivity contribution in [2.75, 3.05) is 7.05 Å². The summed E-state index contributed by atoms with van der Waals surface area (Å²) < 4.78 is 13.4. The van der Waals surface area contributed by atoms with Crippen molar-refractivity contribution in [2.45, 2.75) is 51.0 Å². The van der Waals surface area contributed by atoms with Crippen LogP contribution in [0.5, 0.6) is 0 Å². The molecule has 0 heterocycles. The first-order valence-corrected chi connectivity index (χ1v) is 7.68. The number of likely N-dealkylation sites (N-methyl/N-ethyl adjacent to an activating group) is 1. The molecule has 106 valence electrons. The molecule has 0 amide bonds. The lowest BCUT2D eigenvalue weighted by atomic mass is 9.95. The molecule has 1 N–H and O–H groups in total. The maximum Gasteiger partial charge on any atom is 0.142 e. The van der Waals surface area contributed by atoms with Crippen LogP contribution in [0.1, 0.15) is 44.1 Å². The molecule has 0 aromatic heterocycles. The maximum atomic E-state index is 13.4. The van der Waals surface area contributed by atoms with E-state index in [1.807, 2.05) is 13.1 Å². The van der Waals surface area contributed by atoms with E-state index in [1.165, 1.54) is 38.2 Å². The summed E-state index contributed by atoms with van der Waals surface area (Å²) in [6.07, 6.45) is 8.79. The van der Waals surface area contributed by atoms with Crippen molar-refractivity contribution in [3.05, 3.63) is 34.6 Å². The van der Waals surface area contributed by atoms with Gasteiger partial charge in [0.25, 0.3) is 0 Å². The van der Waals surface area contributed by atoms with Crippen LogP contribution in [0, 0.1) is 11.7 Å². The summed E-state index contributed by atoms with van der Waals surface area (Å²) in [5.41, 5.74) is 0.910. The van der Waals surface area contributed by atoms with E-state index in [0.717, 1.165) is 24.3 Å². The van der Waals surface area contributed by atoms with E-state index < -0.39 is 0 Å². The third-order valence-corrected chi connectivity index (χ3v) is 4.73. The van der Waals surface area contributed by atoms with Gasteiger partial charge in [-0.25, -0.2) is 4.39 Å². The average Bonchev–Trinajstić information content (AvgIpc) is 2.92. The zero-order valence-corrected chi connectivity index (χ0v) is 12.3. The van der Waals surface area contributed by atoms with Crippen LogP contribution in [-0.2, 0) is 6.42 Å². The largest absolute Gasteiger partial charge is 0.317 e. The van der Waals surface area contributed by atoms with Gasteiger partial charge in [0.05, 0.1) is 5.02 Å². The first-order valence-electron chi connectivity index (χ1n) is 7.31. The third kappa shape index (κ3) is 4.19. The highest BCUT2D eigenvalue weighted by Crippen LogP contribution is 2.29. The molecule has 1 saturated carbocycles. The molecule has 1 aliphatic carbocycles. The van der Waals surface area contributed by atoms with E-state index >= 15 is 0 Å². The first kappa shape index (κ1) is 14.8. The molecule has 1 aliphatic rings. The smallest absolute Gasteiger partial charge is 0.142 e. The van der Waals surface area contributed by atoms with Crippen LogP contribution in [0.25, 0.3) is 0 Å². The highest BCUT2D eigenvalue weighted by atomic mass is 35.5. The maximum absolute atomic E-state index is 13.4. The standard InChI is InChI=1S/C16H23ClFN/c1-19-14(10-9-12-5-2-3-6-12)11-13-7-4-8-15(18)16(13)17/h4,7-8,12,14,19H,2-3,5-6,9-11H2,1H3. The normalized spacial score (nSPS) is 17.8. The minimum Gasteiger partial charge on any atom is -0.317 e.